The van der Waals surface area contributed by atoms with E-state index in [-0.39, 0.29) is 5.41 Å². The summed E-state index contributed by atoms with van der Waals surface area (Å²) in [6.07, 6.45) is 10.7. The number of aliphatic hydroxyl groups excluding tert-OH is 2. The fourth-order valence-electron chi connectivity index (χ4n) is 9.29. The molecule has 3 N–H and O–H groups in total. The molecule has 4 saturated carbocycles. The van der Waals surface area contributed by atoms with Crippen molar-refractivity contribution in [2.24, 2.45) is 46.3 Å². The Bertz CT molecular complexity index is 619. The van der Waals surface area contributed by atoms with Gasteiger partial charge in [-0.3, -0.25) is 0 Å². The molecule has 0 aromatic carbocycles. The average molecular weight is 421 g/mol. The first-order valence-corrected chi connectivity index (χ1v) is 13.1. The Morgan fingerprint density at radius 3 is 2.33 bits per heavy atom. The second-order valence-electron chi connectivity index (χ2n) is 12.9. The molecule has 0 aromatic rings. The van der Waals surface area contributed by atoms with Gasteiger partial charge in [0.1, 0.15) is 0 Å². The fraction of sp³-hybridized carbons (Fsp3) is 1.00. The molecule has 0 amide bonds. The maximum atomic E-state index is 11.6. The Kier molecular flexibility index (Phi) is 6.17. The van der Waals surface area contributed by atoms with E-state index in [1.165, 1.54) is 44.9 Å². The maximum Gasteiger partial charge on any atom is 0.0985 e. The van der Waals surface area contributed by atoms with Crippen molar-refractivity contribution in [3.05, 3.63) is 0 Å². The van der Waals surface area contributed by atoms with E-state index < -0.39 is 17.8 Å². The summed E-state index contributed by atoms with van der Waals surface area (Å²) in [5.74, 6) is 4.13. The lowest BCUT2D eigenvalue weighted by atomic mass is 9.42. The maximum absolute atomic E-state index is 11.6. The van der Waals surface area contributed by atoms with Crippen LogP contribution in [-0.4, -0.2) is 33.1 Å². The second kappa shape index (κ2) is 8.03. The van der Waals surface area contributed by atoms with Gasteiger partial charge in [0.2, 0.25) is 0 Å². The molecule has 0 aromatic heterocycles. The number of hydrogen-bond acceptors (Lipinski definition) is 3. The monoisotopic (exact) mass is 420 g/mol. The number of hydrogen-bond donors (Lipinski definition) is 3. The van der Waals surface area contributed by atoms with Gasteiger partial charge < -0.3 is 15.3 Å². The summed E-state index contributed by atoms with van der Waals surface area (Å²) in [4.78, 5) is 0. The highest BCUT2D eigenvalue weighted by Crippen LogP contribution is 2.69. The largest absolute Gasteiger partial charge is 0.393 e. The molecule has 4 aliphatic carbocycles. The van der Waals surface area contributed by atoms with Crippen molar-refractivity contribution in [2.45, 2.75) is 123 Å². The van der Waals surface area contributed by atoms with Crippen LogP contribution < -0.4 is 0 Å². The Labute approximate surface area is 185 Å². The topological polar surface area (TPSA) is 60.7 Å². The molecule has 3 heteroatoms. The molecule has 0 aliphatic heterocycles. The number of rotatable bonds is 5. The standard InChI is InChI=1S/C27H48O3/c1-17(2)7-6-8-18(3)21-9-10-22-20-15-24(29)27(30)16-19(28)11-14-26(27,5)23(20)12-13-25(21,22)4/h17-24,28-30H,6-16H2,1-5H3/t18-,19-,20-,21+,22+,23+,24-,25+,26+,27-/m0/s1. The molecule has 3 nitrogen and oxygen atoms in total. The van der Waals surface area contributed by atoms with Crippen molar-refractivity contribution in [1.29, 1.82) is 0 Å². The van der Waals surface area contributed by atoms with Crippen LogP contribution in [0.15, 0.2) is 0 Å². The van der Waals surface area contributed by atoms with Crippen LogP contribution in [0.4, 0.5) is 0 Å². The molecule has 0 saturated heterocycles. The molecular weight excluding hydrogens is 372 g/mol. The van der Waals surface area contributed by atoms with Crippen LogP contribution in [0.3, 0.4) is 0 Å². The highest BCUT2D eigenvalue weighted by molar-refractivity contribution is 5.17. The van der Waals surface area contributed by atoms with Crippen molar-refractivity contribution < 1.29 is 15.3 Å². The van der Waals surface area contributed by atoms with Crippen molar-refractivity contribution in [3.63, 3.8) is 0 Å². The molecule has 174 valence electrons. The summed E-state index contributed by atoms with van der Waals surface area (Å²) in [6, 6.07) is 0. The summed E-state index contributed by atoms with van der Waals surface area (Å²) in [6.45, 7) is 12.0. The minimum absolute atomic E-state index is 0.253. The third-order valence-corrected chi connectivity index (χ3v) is 11.0. The molecule has 0 heterocycles. The van der Waals surface area contributed by atoms with Gasteiger partial charge in [-0.15, -0.1) is 0 Å². The molecule has 4 aliphatic rings. The van der Waals surface area contributed by atoms with Crippen molar-refractivity contribution in [1.82, 2.24) is 0 Å². The van der Waals surface area contributed by atoms with Gasteiger partial charge in [0, 0.05) is 11.8 Å². The first-order chi connectivity index (χ1) is 14.0. The van der Waals surface area contributed by atoms with E-state index >= 15 is 0 Å². The minimum Gasteiger partial charge on any atom is -0.393 e. The zero-order valence-electron chi connectivity index (χ0n) is 20.2. The third kappa shape index (κ3) is 3.41. The predicted octanol–water partition coefficient (Wildman–Crippen LogP) is 5.55. The van der Waals surface area contributed by atoms with Crippen LogP contribution >= 0.6 is 0 Å². The molecule has 4 fully saturated rings. The summed E-state index contributed by atoms with van der Waals surface area (Å²) in [5, 5.41) is 33.0. The van der Waals surface area contributed by atoms with Gasteiger partial charge in [0.05, 0.1) is 17.8 Å². The molecule has 10 atom stereocenters. The molecule has 0 unspecified atom stereocenters. The Balaban J connectivity index is 1.53. The van der Waals surface area contributed by atoms with Crippen LogP contribution in [0.25, 0.3) is 0 Å². The Morgan fingerprint density at radius 1 is 0.900 bits per heavy atom. The van der Waals surface area contributed by atoms with E-state index in [2.05, 4.69) is 34.6 Å². The quantitative estimate of drug-likeness (QED) is 0.546. The van der Waals surface area contributed by atoms with Gasteiger partial charge >= 0.3 is 0 Å². The van der Waals surface area contributed by atoms with Crippen molar-refractivity contribution in [3.8, 4) is 0 Å². The molecule has 4 rings (SSSR count). The van der Waals surface area contributed by atoms with E-state index in [0.29, 0.717) is 29.6 Å². The minimum atomic E-state index is -1.11. The van der Waals surface area contributed by atoms with Gasteiger partial charge in [-0.1, -0.05) is 53.9 Å². The molecule has 0 spiro atoms. The zero-order chi connectivity index (χ0) is 21.9. The number of fused-ring (bicyclic) bond motifs is 5. The molecule has 0 bridgehead atoms. The normalized spacial score (nSPS) is 51.9. The molecular formula is C27H48O3. The van der Waals surface area contributed by atoms with Crippen molar-refractivity contribution >= 4 is 0 Å². The summed E-state index contributed by atoms with van der Waals surface area (Å²) in [7, 11) is 0. The van der Waals surface area contributed by atoms with E-state index in [9.17, 15) is 15.3 Å². The zero-order valence-corrected chi connectivity index (χ0v) is 20.2. The van der Waals surface area contributed by atoms with Gasteiger partial charge in [-0.25, -0.2) is 0 Å². The van der Waals surface area contributed by atoms with E-state index in [1.54, 1.807) is 0 Å². The second-order valence-corrected chi connectivity index (χ2v) is 12.9. The van der Waals surface area contributed by atoms with Gasteiger partial charge in [-0.2, -0.15) is 0 Å². The molecule has 0 radical (unpaired) electrons. The number of aliphatic hydroxyl groups is 3. The summed E-state index contributed by atoms with van der Waals surface area (Å²) >= 11 is 0. The van der Waals surface area contributed by atoms with E-state index in [4.69, 9.17) is 0 Å². The SMILES string of the molecule is CC(C)CCC[C@H](C)[C@H]1CC[C@@H]2[C@@H]3C[C@H](O)[C@@]4(O)C[C@@H](O)CC[C@]4(C)[C@@H]3CC[C@@]21C. The Morgan fingerprint density at radius 2 is 1.63 bits per heavy atom. The van der Waals surface area contributed by atoms with Crippen molar-refractivity contribution in [2.75, 3.05) is 0 Å². The lowest BCUT2D eigenvalue weighted by Gasteiger charge is -2.65. The van der Waals surface area contributed by atoms with Crippen LogP contribution in [0, 0.1) is 46.3 Å². The summed E-state index contributed by atoms with van der Waals surface area (Å²) in [5.41, 5.74) is -0.962. The van der Waals surface area contributed by atoms with Crippen LogP contribution in [0.5, 0.6) is 0 Å². The van der Waals surface area contributed by atoms with Gasteiger partial charge in [0.15, 0.2) is 0 Å². The summed E-state index contributed by atoms with van der Waals surface area (Å²) < 4.78 is 0. The molecule has 30 heavy (non-hydrogen) atoms. The lowest BCUT2D eigenvalue weighted by Crippen LogP contribution is -2.68. The van der Waals surface area contributed by atoms with E-state index in [1.807, 2.05) is 0 Å². The van der Waals surface area contributed by atoms with Crippen LogP contribution in [-0.2, 0) is 0 Å². The Hall–Kier alpha value is -0.120. The lowest BCUT2D eigenvalue weighted by molar-refractivity contribution is -0.264. The van der Waals surface area contributed by atoms with Crippen LogP contribution in [0.2, 0.25) is 0 Å². The first kappa shape index (κ1) is 23.1. The van der Waals surface area contributed by atoms with Gasteiger partial charge in [-0.05, 0) is 85.9 Å². The predicted molar refractivity (Wildman–Crippen MR) is 122 cm³/mol. The van der Waals surface area contributed by atoms with Crippen LogP contribution in [0.1, 0.15) is 105 Å². The highest BCUT2D eigenvalue weighted by atomic mass is 16.3. The third-order valence-electron chi connectivity index (χ3n) is 11.0. The fourth-order valence-corrected chi connectivity index (χ4v) is 9.29. The smallest absolute Gasteiger partial charge is 0.0985 e. The van der Waals surface area contributed by atoms with E-state index in [0.717, 1.165) is 37.0 Å². The first-order valence-electron chi connectivity index (χ1n) is 13.1. The average Bonchev–Trinajstić information content (AvgIpc) is 3.01. The van der Waals surface area contributed by atoms with Gasteiger partial charge in [0.25, 0.3) is 0 Å². The highest BCUT2D eigenvalue weighted by Gasteiger charge is 2.67.